The van der Waals surface area contributed by atoms with Gasteiger partial charge in [0.05, 0.1) is 20.2 Å². The van der Waals surface area contributed by atoms with Crippen LogP contribution in [0, 0.1) is 12.8 Å². The van der Waals surface area contributed by atoms with Crippen LogP contribution in [0.1, 0.15) is 22.3 Å². The van der Waals surface area contributed by atoms with E-state index >= 15 is 0 Å². The maximum Gasteiger partial charge on any atom is 0.182 e. The second-order valence-electron chi connectivity index (χ2n) is 5.73. The summed E-state index contributed by atoms with van der Waals surface area (Å²) in [5.41, 5.74) is 1.60. The normalized spacial score (nSPS) is 20.3. The number of Topliss-reactive ketones (excluding diaryl/α,β-unsaturated/α-hetero) is 1. The summed E-state index contributed by atoms with van der Waals surface area (Å²) in [5.74, 6) is -0.615. The molecule has 0 heterocycles. The van der Waals surface area contributed by atoms with Crippen molar-refractivity contribution in [1.82, 2.24) is 0 Å². The molecule has 0 bridgehead atoms. The molecule has 3 nitrogen and oxygen atoms in total. The minimum Gasteiger partial charge on any atom is -0.294 e. The lowest BCUT2D eigenvalue weighted by atomic mass is 10.1. The van der Waals surface area contributed by atoms with Crippen LogP contribution in [-0.2, 0) is 9.84 Å². The number of sulfone groups is 1. The third kappa shape index (κ3) is 3.16. The summed E-state index contributed by atoms with van der Waals surface area (Å²) >= 11 is 11.7. The molecule has 0 amide bonds. The molecule has 0 unspecified atom stereocenters. The molecule has 1 saturated carbocycles. The Hall–Kier alpha value is -1.36. The third-order valence-electron chi connectivity index (χ3n) is 4.02. The van der Waals surface area contributed by atoms with E-state index in [0.29, 0.717) is 17.0 Å². The molecule has 1 fully saturated rings. The van der Waals surface area contributed by atoms with Crippen LogP contribution in [0.15, 0.2) is 47.4 Å². The average molecular weight is 369 g/mol. The number of carbonyl (C=O) groups excluding carboxylic acids is 1. The van der Waals surface area contributed by atoms with Crippen LogP contribution in [0.3, 0.4) is 0 Å². The van der Waals surface area contributed by atoms with Crippen LogP contribution >= 0.6 is 23.2 Å². The summed E-state index contributed by atoms with van der Waals surface area (Å²) in [6.07, 6.45) is 0.343. The molecular formula is C17H14Cl2O3S. The predicted molar refractivity (Wildman–Crippen MR) is 91.1 cm³/mol. The average Bonchev–Trinajstić information content (AvgIpc) is 3.31. The SMILES string of the molecule is Cc1ccc(C(=O)[C@@H]2C[C@H]2S(=O)(=O)c2ccc(Cl)c(Cl)c2)cc1. The summed E-state index contributed by atoms with van der Waals surface area (Å²) in [5, 5.41) is -0.197. The fraction of sp³-hybridized carbons (Fsp3) is 0.235. The summed E-state index contributed by atoms with van der Waals surface area (Å²) in [6, 6.07) is 11.4. The van der Waals surface area contributed by atoms with E-state index in [4.69, 9.17) is 23.2 Å². The third-order valence-corrected chi connectivity index (χ3v) is 6.99. The van der Waals surface area contributed by atoms with Crippen molar-refractivity contribution >= 4 is 38.8 Å². The van der Waals surface area contributed by atoms with E-state index < -0.39 is 21.0 Å². The molecule has 2 aromatic rings. The van der Waals surface area contributed by atoms with Crippen LogP contribution in [0.5, 0.6) is 0 Å². The van der Waals surface area contributed by atoms with Crippen LogP contribution < -0.4 is 0 Å². The first-order valence-electron chi connectivity index (χ1n) is 7.10. The Balaban J connectivity index is 1.82. The summed E-state index contributed by atoms with van der Waals surface area (Å²) < 4.78 is 25.2. The van der Waals surface area contributed by atoms with Crippen LogP contribution in [-0.4, -0.2) is 19.5 Å². The zero-order valence-corrected chi connectivity index (χ0v) is 14.6. The lowest BCUT2D eigenvalue weighted by molar-refractivity contribution is 0.0968. The number of halogens is 2. The van der Waals surface area contributed by atoms with Crippen molar-refractivity contribution in [2.45, 2.75) is 23.5 Å². The largest absolute Gasteiger partial charge is 0.294 e. The van der Waals surface area contributed by atoms with Crippen molar-refractivity contribution < 1.29 is 13.2 Å². The highest BCUT2D eigenvalue weighted by atomic mass is 35.5. The second-order valence-corrected chi connectivity index (χ2v) is 8.71. The van der Waals surface area contributed by atoms with Crippen molar-refractivity contribution in [3.05, 3.63) is 63.6 Å². The van der Waals surface area contributed by atoms with Crippen LogP contribution in [0.25, 0.3) is 0 Å². The standard InChI is InChI=1S/C17H14Cl2O3S/c1-10-2-4-11(5-3-10)17(20)13-9-16(13)23(21,22)12-6-7-14(18)15(19)8-12/h2-8,13,16H,9H2,1H3/t13-,16-/m1/s1. The smallest absolute Gasteiger partial charge is 0.182 e. The highest BCUT2D eigenvalue weighted by molar-refractivity contribution is 7.92. The molecule has 0 N–H and O–H groups in total. The van der Waals surface area contributed by atoms with Gasteiger partial charge in [0.2, 0.25) is 0 Å². The summed E-state index contributed by atoms with van der Waals surface area (Å²) in [7, 11) is -3.58. The Morgan fingerprint density at radius 3 is 2.30 bits per heavy atom. The summed E-state index contributed by atoms with van der Waals surface area (Å²) in [4.78, 5) is 12.5. The van der Waals surface area contributed by atoms with Crippen LogP contribution in [0.4, 0.5) is 0 Å². The van der Waals surface area contributed by atoms with E-state index in [1.54, 1.807) is 12.1 Å². The van der Waals surface area contributed by atoms with Gasteiger partial charge in [-0.05, 0) is 31.5 Å². The Morgan fingerprint density at radius 2 is 1.70 bits per heavy atom. The van der Waals surface area contributed by atoms with Gasteiger partial charge in [0, 0.05) is 11.5 Å². The highest BCUT2D eigenvalue weighted by Gasteiger charge is 2.52. The van der Waals surface area contributed by atoms with Crippen LogP contribution in [0.2, 0.25) is 10.0 Å². The molecular weight excluding hydrogens is 355 g/mol. The zero-order chi connectivity index (χ0) is 16.8. The van der Waals surface area contributed by atoms with Gasteiger partial charge in [-0.15, -0.1) is 0 Å². The van der Waals surface area contributed by atoms with Gasteiger partial charge in [0.25, 0.3) is 0 Å². The predicted octanol–water partition coefficient (Wildman–Crippen LogP) is 4.35. The molecule has 2 aromatic carbocycles. The van der Waals surface area contributed by atoms with E-state index in [9.17, 15) is 13.2 Å². The molecule has 0 aliphatic heterocycles. The molecule has 3 rings (SSSR count). The van der Waals surface area contributed by atoms with Crippen molar-refractivity contribution in [3.8, 4) is 0 Å². The first-order chi connectivity index (χ1) is 10.8. The van der Waals surface area contributed by atoms with Gasteiger partial charge in [0.15, 0.2) is 15.6 Å². The maximum absolute atomic E-state index is 12.6. The Morgan fingerprint density at radius 1 is 1.04 bits per heavy atom. The van der Waals surface area contributed by atoms with Gasteiger partial charge in [-0.1, -0.05) is 53.0 Å². The first-order valence-corrected chi connectivity index (χ1v) is 9.41. The zero-order valence-electron chi connectivity index (χ0n) is 12.3. The van der Waals surface area contributed by atoms with Gasteiger partial charge in [0.1, 0.15) is 0 Å². The van der Waals surface area contributed by atoms with Gasteiger partial charge >= 0.3 is 0 Å². The Labute approximate surface area is 145 Å². The molecule has 23 heavy (non-hydrogen) atoms. The lowest BCUT2D eigenvalue weighted by Crippen LogP contribution is -2.14. The van der Waals surface area contributed by atoms with E-state index in [1.165, 1.54) is 18.2 Å². The van der Waals surface area contributed by atoms with E-state index in [-0.39, 0.29) is 15.7 Å². The maximum atomic E-state index is 12.6. The first kappa shape index (κ1) is 16.5. The molecule has 0 saturated heterocycles. The van der Waals surface area contributed by atoms with Gasteiger partial charge < -0.3 is 0 Å². The fourth-order valence-corrected chi connectivity index (χ4v) is 4.82. The molecule has 0 spiro atoms. The Kier molecular flexibility index (Phi) is 4.25. The van der Waals surface area contributed by atoms with E-state index in [2.05, 4.69) is 0 Å². The number of carbonyl (C=O) groups is 1. The van der Waals surface area contributed by atoms with E-state index in [1.807, 2.05) is 19.1 Å². The van der Waals surface area contributed by atoms with E-state index in [0.717, 1.165) is 5.56 Å². The van der Waals surface area contributed by atoms with Gasteiger partial charge in [-0.25, -0.2) is 8.42 Å². The second kappa shape index (κ2) is 5.93. The molecule has 120 valence electrons. The highest BCUT2D eigenvalue weighted by Crippen LogP contribution is 2.43. The molecule has 0 aromatic heterocycles. The number of hydrogen-bond acceptors (Lipinski definition) is 3. The fourth-order valence-electron chi connectivity index (χ4n) is 2.55. The lowest BCUT2D eigenvalue weighted by Gasteiger charge is -2.06. The minimum atomic E-state index is -3.58. The molecule has 1 aliphatic carbocycles. The number of ketones is 1. The van der Waals surface area contributed by atoms with Crippen molar-refractivity contribution in [3.63, 3.8) is 0 Å². The van der Waals surface area contributed by atoms with Gasteiger partial charge in [-0.2, -0.15) is 0 Å². The summed E-state index contributed by atoms with van der Waals surface area (Å²) in [6.45, 7) is 1.93. The van der Waals surface area contributed by atoms with Crippen molar-refractivity contribution in [2.24, 2.45) is 5.92 Å². The van der Waals surface area contributed by atoms with Gasteiger partial charge in [-0.3, -0.25) is 4.79 Å². The molecule has 6 heteroatoms. The molecule has 1 aliphatic rings. The molecule has 2 atom stereocenters. The topological polar surface area (TPSA) is 51.2 Å². The number of benzene rings is 2. The quantitative estimate of drug-likeness (QED) is 0.753. The molecule has 0 radical (unpaired) electrons. The van der Waals surface area contributed by atoms with Crippen molar-refractivity contribution in [1.29, 1.82) is 0 Å². The number of aryl methyl sites for hydroxylation is 1. The monoisotopic (exact) mass is 368 g/mol. The minimum absolute atomic E-state index is 0.108. The number of hydrogen-bond donors (Lipinski definition) is 0. The number of rotatable bonds is 4. The van der Waals surface area contributed by atoms with Crippen molar-refractivity contribution in [2.75, 3.05) is 0 Å². The Bertz CT molecular complexity index is 873.